The van der Waals surface area contributed by atoms with Crippen LogP contribution in [0.2, 0.25) is 0 Å². The van der Waals surface area contributed by atoms with Crippen LogP contribution in [0.25, 0.3) is 11.3 Å². The molecule has 100 valence electrons. The summed E-state index contributed by atoms with van der Waals surface area (Å²) in [5, 5.41) is 0. The zero-order valence-corrected chi connectivity index (χ0v) is 11.1. The Morgan fingerprint density at radius 2 is 2.05 bits per heavy atom. The normalized spacial score (nSPS) is 10.5. The molecule has 2 aromatic heterocycles. The van der Waals surface area contributed by atoms with Crippen LogP contribution >= 0.6 is 0 Å². The summed E-state index contributed by atoms with van der Waals surface area (Å²) >= 11 is 0. The molecule has 0 aliphatic heterocycles. The largest absolute Gasteiger partial charge is 0.466 e. The van der Waals surface area contributed by atoms with Crippen LogP contribution in [-0.4, -0.2) is 23.9 Å². The van der Waals surface area contributed by atoms with Crippen molar-refractivity contribution in [3.63, 3.8) is 0 Å². The van der Waals surface area contributed by atoms with Gasteiger partial charge in [0.25, 0.3) is 0 Å². The number of methoxy groups -OCH3 is 1. The molecule has 0 radical (unpaired) electrons. The highest BCUT2D eigenvalue weighted by Crippen LogP contribution is 2.26. The average Bonchev–Trinajstić information content (AvgIpc) is 2.40. The first kappa shape index (κ1) is 13.4. The highest BCUT2D eigenvalue weighted by molar-refractivity contribution is 5.61. The third-order valence-corrected chi connectivity index (χ3v) is 2.73. The lowest BCUT2D eigenvalue weighted by atomic mass is 10.1. The van der Waals surface area contributed by atoms with Gasteiger partial charge in [-0.2, -0.15) is 0 Å². The maximum absolute atomic E-state index is 14.0. The number of aryl methyl sites for hydroxylation is 2. The van der Waals surface area contributed by atoms with Gasteiger partial charge in [-0.1, -0.05) is 0 Å². The molecule has 19 heavy (non-hydrogen) atoms. The van der Waals surface area contributed by atoms with Crippen molar-refractivity contribution >= 4 is 0 Å². The summed E-state index contributed by atoms with van der Waals surface area (Å²) in [5.41, 5.74) is 2.23. The van der Waals surface area contributed by atoms with Gasteiger partial charge in [0.15, 0.2) is 12.6 Å². The average molecular weight is 262 g/mol. The van der Waals surface area contributed by atoms with Crippen LogP contribution in [0.3, 0.4) is 0 Å². The molecule has 0 atom stereocenters. The first-order chi connectivity index (χ1) is 9.13. The van der Waals surface area contributed by atoms with Gasteiger partial charge < -0.3 is 9.47 Å². The van der Waals surface area contributed by atoms with E-state index in [-0.39, 0.29) is 12.6 Å². The van der Waals surface area contributed by atoms with E-state index >= 15 is 0 Å². The van der Waals surface area contributed by atoms with Gasteiger partial charge in [0, 0.05) is 18.9 Å². The maximum atomic E-state index is 14.0. The zero-order valence-electron chi connectivity index (χ0n) is 11.1. The number of halogens is 1. The summed E-state index contributed by atoms with van der Waals surface area (Å²) in [6.07, 6.45) is 3.14. The summed E-state index contributed by atoms with van der Waals surface area (Å²) < 4.78 is 24.1. The smallest absolute Gasteiger partial charge is 0.188 e. The van der Waals surface area contributed by atoms with Crippen molar-refractivity contribution in [1.82, 2.24) is 9.97 Å². The Morgan fingerprint density at radius 1 is 1.26 bits per heavy atom. The SMILES string of the molecule is COCOc1cnc(-c2ccnc(C)c2F)cc1C. The number of aromatic nitrogens is 2. The monoisotopic (exact) mass is 262 g/mol. The molecule has 2 aromatic rings. The van der Waals surface area contributed by atoms with Gasteiger partial charge in [-0.3, -0.25) is 9.97 Å². The van der Waals surface area contributed by atoms with Gasteiger partial charge in [0.1, 0.15) is 5.75 Å². The number of hydrogen-bond acceptors (Lipinski definition) is 4. The molecule has 5 heteroatoms. The molecule has 2 heterocycles. The van der Waals surface area contributed by atoms with Crippen LogP contribution in [0.5, 0.6) is 5.75 Å². The van der Waals surface area contributed by atoms with E-state index in [1.54, 1.807) is 38.6 Å². The van der Waals surface area contributed by atoms with Crippen molar-refractivity contribution in [3.8, 4) is 17.0 Å². The Bertz CT molecular complexity index is 588. The van der Waals surface area contributed by atoms with Crippen LogP contribution in [0.15, 0.2) is 24.5 Å². The van der Waals surface area contributed by atoms with E-state index in [1.807, 2.05) is 6.92 Å². The topological polar surface area (TPSA) is 44.2 Å². The molecule has 0 aliphatic rings. The first-order valence-electron chi connectivity index (χ1n) is 5.83. The third kappa shape index (κ3) is 2.88. The summed E-state index contributed by atoms with van der Waals surface area (Å²) in [6, 6.07) is 3.39. The minimum absolute atomic E-state index is 0.157. The van der Waals surface area contributed by atoms with E-state index in [2.05, 4.69) is 9.97 Å². The van der Waals surface area contributed by atoms with Gasteiger partial charge in [-0.15, -0.1) is 0 Å². The van der Waals surface area contributed by atoms with Gasteiger partial charge in [0.05, 0.1) is 17.6 Å². The lowest BCUT2D eigenvalue weighted by Crippen LogP contribution is -2.01. The minimum atomic E-state index is -0.347. The molecule has 0 amide bonds. The number of pyridine rings is 2. The molecule has 0 N–H and O–H groups in total. The third-order valence-electron chi connectivity index (χ3n) is 2.73. The minimum Gasteiger partial charge on any atom is -0.466 e. The van der Waals surface area contributed by atoms with Crippen LogP contribution in [0, 0.1) is 19.7 Å². The van der Waals surface area contributed by atoms with E-state index in [0.717, 1.165) is 5.56 Å². The van der Waals surface area contributed by atoms with Crippen molar-refractivity contribution in [1.29, 1.82) is 0 Å². The number of rotatable bonds is 4. The van der Waals surface area contributed by atoms with Gasteiger partial charge in [-0.25, -0.2) is 4.39 Å². The van der Waals surface area contributed by atoms with E-state index in [1.165, 1.54) is 0 Å². The van der Waals surface area contributed by atoms with Crippen molar-refractivity contribution < 1.29 is 13.9 Å². The Kier molecular flexibility index (Phi) is 4.06. The summed E-state index contributed by atoms with van der Waals surface area (Å²) in [4.78, 5) is 8.12. The molecule has 0 unspecified atom stereocenters. The summed E-state index contributed by atoms with van der Waals surface area (Å²) in [6.45, 7) is 3.66. The molecule has 4 nitrogen and oxygen atoms in total. The summed E-state index contributed by atoms with van der Waals surface area (Å²) in [5.74, 6) is 0.275. The highest BCUT2D eigenvalue weighted by atomic mass is 19.1. The molecule has 0 saturated carbocycles. The predicted molar refractivity (Wildman–Crippen MR) is 69.4 cm³/mol. The van der Waals surface area contributed by atoms with Crippen LogP contribution in [0.1, 0.15) is 11.3 Å². The summed E-state index contributed by atoms with van der Waals surface area (Å²) in [7, 11) is 1.55. The Morgan fingerprint density at radius 3 is 2.74 bits per heavy atom. The van der Waals surface area contributed by atoms with Crippen molar-refractivity contribution in [3.05, 3.63) is 41.6 Å². The standard InChI is InChI=1S/C14H15FN2O2/c1-9-6-12(17-7-13(9)19-8-18-3)11-4-5-16-10(2)14(11)15/h4-7H,8H2,1-3H3. The Hall–Kier alpha value is -2.01. The van der Waals surface area contributed by atoms with Crippen LogP contribution in [-0.2, 0) is 4.74 Å². The fourth-order valence-corrected chi connectivity index (χ4v) is 1.71. The second kappa shape index (κ2) is 5.75. The number of hydrogen-bond donors (Lipinski definition) is 0. The fourth-order valence-electron chi connectivity index (χ4n) is 1.71. The molecule has 0 aromatic carbocycles. The van der Waals surface area contributed by atoms with Crippen LogP contribution in [0.4, 0.5) is 4.39 Å². The van der Waals surface area contributed by atoms with E-state index in [9.17, 15) is 4.39 Å². The van der Waals surface area contributed by atoms with E-state index < -0.39 is 0 Å². The maximum Gasteiger partial charge on any atom is 0.188 e. The molecular formula is C14H15FN2O2. The molecular weight excluding hydrogens is 247 g/mol. The Balaban J connectivity index is 2.36. The first-order valence-corrected chi connectivity index (χ1v) is 5.83. The molecule has 0 bridgehead atoms. The quantitative estimate of drug-likeness (QED) is 0.795. The second-order valence-electron chi connectivity index (χ2n) is 4.14. The van der Waals surface area contributed by atoms with Gasteiger partial charge in [-0.05, 0) is 31.5 Å². The van der Waals surface area contributed by atoms with E-state index in [0.29, 0.717) is 22.7 Å². The number of nitrogens with zero attached hydrogens (tertiary/aromatic N) is 2. The predicted octanol–water partition coefficient (Wildman–Crippen LogP) is 2.88. The zero-order chi connectivity index (χ0) is 13.8. The lowest BCUT2D eigenvalue weighted by Gasteiger charge is -2.10. The number of ether oxygens (including phenoxy) is 2. The van der Waals surface area contributed by atoms with Gasteiger partial charge in [0.2, 0.25) is 0 Å². The molecule has 0 fully saturated rings. The van der Waals surface area contributed by atoms with E-state index in [4.69, 9.17) is 9.47 Å². The van der Waals surface area contributed by atoms with Gasteiger partial charge >= 0.3 is 0 Å². The molecule has 2 rings (SSSR count). The Labute approximate surface area is 111 Å². The fraction of sp³-hybridized carbons (Fsp3) is 0.286. The molecule has 0 spiro atoms. The highest BCUT2D eigenvalue weighted by Gasteiger charge is 2.11. The lowest BCUT2D eigenvalue weighted by molar-refractivity contribution is 0.0504. The molecule has 0 aliphatic carbocycles. The second-order valence-corrected chi connectivity index (χ2v) is 4.14. The van der Waals surface area contributed by atoms with Crippen molar-refractivity contribution in [2.75, 3.05) is 13.9 Å². The molecule has 0 saturated heterocycles. The van der Waals surface area contributed by atoms with Crippen molar-refractivity contribution in [2.45, 2.75) is 13.8 Å². The van der Waals surface area contributed by atoms with Crippen molar-refractivity contribution in [2.24, 2.45) is 0 Å². The van der Waals surface area contributed by atoms with Crippen LogP contribution < -0.4 is 4.74 Å².